The lowest BCUT2D eigenvalue weighted by Gasteiger charge is -2.34. The summed E-state index contributed by atoms with van der Waals surface area (Å²) in [4.78, 5) is 18.9. The Morgan fingerprint density at radius 2 is 1.85 bits per heavy atom. The summed E-state index contributed by atoms with van der Waals surface area (Å²) in [5.74, 6) is 2.46. The molecule has 3 unspecified atom stereocenters. The number of piperidine rings is 1. The highest BCUT2D eigenvalue weighted by atomic mass is 32.2. The fourth-order valence-electron chi connectivity index (χ4n) is 3.68. The summed E-state index contributed by atoms with van der Waals surface area (Å²) in [6, 6.07) is 7.94. The minimum atomic E-state index is -1.30. The summed E-state index contributed by atoms with van der Waals surface area (Å²) < 4.78 is 18.3. The van der Waals surface area contributed by atoms with Gasteiger partial charge in [0.1, 0.15) is 11.5 Å². The third-order valence-electron chi connectivity index (χ3n) is 4.99. The van der Waals surface area contributed by atoms with Crippen LogP contribution in [-0.2, 0) is 21.7 Å². The van der Waals surface area contributed by atoms with E-state index in [1.54, 1.807) is 0 Å². The Bertz CT molecular complexity index is 777. The van der Waals surface area contributed by atoms with Crippen molar-refractivity contribution in [2.45, 2.75) is 39.9 Å². The Balaban J connectivity index is 1.61. The molecule has 0 bridgehead atoms. The molecule has 0 spiro atoms. The Labute approximate surface area is 164 Å². The van der Waals surface area contributed by atoms with E-state index in [1.807, 2.05) is 43.0 Å². The van der Waals surface area contributed by atoms with E-state index in [1.165, 1.54) is 5.56 Å². The minimum absolute atomic E-state index is 0.0216. The van der Waals surface area contributed by atoms with E-state index in [-0.39, 0.29) is 17.4 Å². The Hall–Kier alpha value is -1.79. The van der Waals surface area contributed by atoms with Crippen LogP contribution in [0, 0.1) is 25.7 Å². The SMILES string of the molecule is Cc1ccc(-c2nc(C[S+]([O-])CC(=O)N3CC(C)CC(C)C3)c(C)o2)cc1. The molecule has 3 rings (SSSR count). The van der Waals surface area contributed by atoms with Gasteiger partial charge in [0.15, 0.2) is 11.5 Å². The first-order valence-corrected chi connectivity index (χ1v) is 11.0. The van der Waals surface area contributed by atoms with Gasteiger partial charge in [0, 0.05) is 18.7 Å². The molecule has 1 amide bonds. The maximum atomic E-state index is 12.6. The molecule has 27 heavy (non-hydrogen) atoms. The lowest BCUT2D eigenvalue weighted by molar-refractivity contribution is -0.131. The first kappa shape index (κ1) is 20.0. The molecule has 5 nitrogen and oxygen atoms in total. The number of carbonyl (C=O) groups is 1. The molecule has 146 valence electrons. The third kappa shape index (κ3) is 5.14. The van der Waals surface area contributed by atoms with Gasteiger partial charge in [-0.05, 0) is 55.4 Å². The quantitative estimate of drug-likeness (QED) is 0.732. The van der Waals surface area contributed by atoms with E-state index in [0.717, 1.165) is 25.1 Å². The van der Waals surface area contributed by atoms with Gasteiger partial charge in [0.05, 0.1) is 0 Å². The van der Waals surface area contributed by atoms with Crippen LogP contribution < -0.4 is 0 Å². The number of hydrogen-bond acceptors (Lipinski definition) is 4. The van der Waals surface area contributed by atoms with E-state index < -0.39 is 11.2 Å². The molecule has 0 N–H and O–H groups in total. The highest BCUT2D eigenvalue weighted by Gasteiger charge is 2.28. The summed E-state index contributed by atoms with van der Waals surface area (Å²) in [6.45, 7) is 9.71. The molecule has 0 radical (unpaired) electrons. The summed E-state index contributed by atoms with van der Waals surface area (Å²) in [6.07, 6.45) is 1.15. The second-order valence-electron chi connectivity index (χ2n) is 7.86. The summed E-state index contributed by atoms with van der Waals surface area (Å²) in [5.41, 5.74) is 2.73. The van der Waals surface area contributed by atoms with Crippen LogP contribution in [0.15, 0.2) is 28.7 Å². The van der Waals surface area contributed by atoms with Gasteiger partial charge in [0.2, 0.25) is 5.89 Å². The molecule has 2 heterocycles. The molecule has 0 saturated carbocycles. The fraction of sp³-hybridized carbons (Fsp3) is 0.524. The number of aromatic nitrogens is 1. The molecule has 1 saturated heterocycles. The van der Waals surface area contributed by atoms with Crippen molar-refractivity contribution in [2.24, 2.45) is 11.8 Å². The van der Waals surface area contributed by atoms with Crippen molar-refractivity contribution in [3.8, 4) is 11.5 Å². The van der Waals surface area contributed by atoms with Gasteiger partial charge >= 0.3 is 0 Å². The second kappa shape index (κ2) is 8.48. The molecule has 1 aliphatic heterocycles. The van der Waals surface area contributed by atoms with Crippen LogP contribution in [0.5, 0.6) is 0 Å². The van der Waals surface area contributed by atoms with E-state index in [9.17, 15) is 9.35 Å². The monoisotopic (exact) mass is 388 g/mol. The van der Waals surface area contributed by atoms with Crippen LogP contribution in [0.25, 0.3) is 11.5 Å². The smallest absolute Gasteiger partial charge is 0.272 e. The second-order valence-corrected chi connectivity index (χ2v) is 9.32. The van der Waals surface area contributed by atoms with Crippen molar-refractivity contribution in [3.05, 3.63) is 41.3 Å². The summed E-state index contributed by atoms with van der Waals surface area (Å²) >= 11 is -1.30. The first-order valence-electron chi connectivity index (χ1n) is 9.48. The molecule has 1 aromatic heterocycles. The van der Waals surface area contributed by atoms with Crippen molar-refractivity contribution in [3.63, 3.8) is 0 Å². The Morgan fingerprint density at radius 3 is 2.48 bits per heavy atom. The number of hydrogen-bond donors (Lipinski definition) is 0. The zero-order valence-corrected chi connectivity index (χ0v) is 17.3. The van der Waals surface area contributed by atoms with Gasteiger partial charge in [0.25, 0.3) is 5.91 Å². The van der Waals surface area contributed by atoms with Gasteiger partial charge < -0.3 is 13.9 Å². The predicted molar refractivity (Wildman–Crippen MR) is 108 cm³/mol. The number of rotatable bonds is 5. The first-order chi connectivity index (χ1) is 12.8. The Kier molecular flexibility index (Phi) is 6.27. The van der Waals surface area contributed by atoms with E-state index in [2.05, 4.69) is 18.8 Å². The van der Waals surface area contributed by atoms with Crippen LogP contribution >= 0.6 is 0 Å². The van der Waals surface area contributed by atoms with Crippen molar-refractivity contribution in [1.29, 1.82) is 0 Å². The van der Waals surface area contributed by atoms with Gasteiger partial charge in [-0.3, -0.25) is 4.79 Å². The van der Waals surface area contributed by atoms with Crippen LogP contribution in [-0.4, -0.2) is 39.2 Å². The van der Waals surface area contributed by atoms with Crippen molar-refractivity contribution in [2.75, 3.05) is 18.8 Å². The van der Waals surface area contributed by atoms with Gasteiger partial charge in [-0.2, -0.15) is 0 Å². The van der Waals surface area contributed by atoms with Gasteiger partial charge in [-0.15, -0.1) is 0 Å². The number of carbonyl (C=O) groups excluding carboxylic acids is 1. The Morgan fingerprint density at radius 1 is 1.22 bits per heavy atom. The van der Waals surface area contributed by atoms with E-state index in [0.29, 0.717) is 29.2 Å². The van der Waals surface area contributed by atoms with Crippen molar-refractivity contribution in [1.82, 2.24) is 9.88 Å². The molecule has 0 aliphatic carbocycles. The number of oxazole rings is 1. The normalized spacial score (nSPS) is 21.3. The van der Waals surface area contributed by atoms with Crippen molar-refractivity contribution < 1.29 is 13.8 Å². The third-order valence-corrected chi connectivity index (χ3v) is 6.16. The molecule has 2 aromatic rings. The zero-order valence-electron chi connectivity index (χ0n) is 16.5. The molecular formula is C21H28N2O3S. The summed E-state index contributed by atoms with van der Waals surface area (Å²) in [7, 11) is 0. The van der Waals surface area contributed by atoms with Crippen LogP contribution in [0.4, 0.5) is 0 Å². The fourth-order valence-corrected chi connectivity index (χ4v) is 4.81. The number of aryl methyl sites for hydroxylation is 2. The number of amides is 1. The molecule has 1 aliphatic rings. The highest BCUT2D eigenvalue weighted by molar-refractivity contribution is 7.91. The van der Waals surface area contributed by atoms with E-state index >= 15 is 0 Å². The molecule has 3 atom stereocenters. The lowest BCUT2D eigenvalue weighted by Crippen LogP contribution is -2.45. The maximum Gasteiger partial charge on any atom is 0.272 e. The maximum absolute atomic E-state index is 12.6. The average Bonchev–Trinajstić information content (AvgIpc) is 2.95. The number of nitrogens with zero attached hydrogens (tertiary/aromatic N) is 2. The molecule has 6 heteroatoms. The average molecular weight is 389 g/mol. The predicted octanol–water partition coefficient (Wildman–Crippen LogP) is 3.71. The minimum Gasteiger partial charge on any atom is -0.616 e. The molecule has 1 aromatic carbocycles. The summed E-state index contributed by atoms with van der Waals surface area (Å²) in [5, 5.41) is 0. The van der Waals surface area contributed by atoms with Crippen LogP contribution in [0.3, 0.4) is 0 Å². The standard InChI is InChI=1S/C21H28N2O3S/c1-14-5-7-18(8-6-14)21-22-19(17(4)26-21)12-27(25)13-20(24)23-10-15(2)9-16(3)11-23/h5-8,15-16H,9-13H2,1-4H3. The molecular weight excluding hydrogens is 360 g/mol. The van der Waals surface area contributed by atoms with Crippen LogP contribution in [0.2, 0.25) is 0 Å². The van der Waals surface area contributed by atoms with Crippen molar-refractivity contribution >= 4 is 17.1 Å². The van der Waals surface area contributed by atoms with Crippen LogP contribution in [0.1, 0.15) is 37.3 Å². The lowest BCUT2D eigenvalue weighted by atomic mass is 9.92. The topological polar surface area (TPSA) is 69.4 Å². The largest absolute Gasteiger partial charge is 0.616 e. The van der Waals surface area contributed by atoms with E-state index in [4.69, 9.17) is 4.42 Å². The van der Waals surface area contributed by atoms with Gasteiger partial charge in [-0.25, -0.2) is 4.98 Å². The number of likely N-dealkylation sites (tertiary alicyclic amines) is 1. The molecule has 1 fully saturated rings. The van der Waals surface area contributed by atoms with Gasteiger partial charge in [-0.1, -0.05) is 31.5 Å². The zero-order chi connectivity index (χ0) is 19.6. The highest BCUT2D eigenvalue weighted by Crippen LogP contribution is 2.24. The number of benzene rings is 1.